The molecule has 2 amide bonds. The predicted molar refractivity (Wildman–Crippen MR) is 113 cm³/mol. The number of hydrogen-bond donors (Lipinski definition) is 1. The molecule has 2 aromatic rings. The zero-order valence-electron chi connectivity index (χ0n) is 15.4. The normalized spacial score (nSPS) is 13.7. The van der Waals surface area contributed by atoms with Gasteiger partial charge in [0.15, 0.2) is 5.17 Å². The topological polar surface area (TPSA) is 61.8 Å². The summed E-state index contributed by atoms with van der Waals surface area (Å²) >= 11 is 7.44. The van der Waals surface area contributed by atoms with E-state index in [-0.39, 0.29) is 24.1 Å². The van der Waals surface area contributed by atoms with E-state index < -0.39 is 0 Å². The van der Waals surface area contributed by atoms with Crippen LogP contribution in [-0.2, 0) is 9.59 Å². The number of anilines is 2. The van der Waals surface area contributed by atoms with E-state index in [1.54, 1.807) is 18.2 Å². The van der Waals surface area contributed by atoms with Crippen LogP contribution in [0.3, 0.4) is 0 Å². The number of aliphatic imine (C=N–C) groups is 1. The van der Waals surface area contributed by atoms with Crippen LogP contribution in [0, 0.1) is 20.8 Å². The highest BCUT2D eigenvalue weighted by Crippen LogP contribution is 2.30. The number of thioether (sulfide) groups is 1. The third-order valence-corrected chi connectivity index (χ3v) is 5.45. The second-order valence-electron chi connectivity index (χ2n) is 6.39. The minimum absolute atomic E-state index is 0.0609. The Balaban J connectivity index is 1.68. The summed E-state index contributed by atoms with van der Waals surface area (Å²) in [4.78, 5) is 30.4. The lowest BCUT2D eigenvalue weighted by Gasteiger charge is -2.19. The van der Waals surface area contributed by atoms with Gasteiger partial charge < -0.3 is 5.32 Å². The van der Waals surface area contributed by atoms with Crippen LogP contribution in [-0.4, -0.2) is 29.3 Å². The second kappa shape index (κ2) is 8.15. The minimum Gasteiger partial charge on any atom is -0.325 e. The number of hydrogen-bond acceptors (Lipinski definition) is 4. The van der Waals surface area contributed by atoms with Gasteiger partial charge in [-0.25, -0.2) is 0 Å². The molecule has 7 heteroatoms. The maximum atomic E-state index is 12.4. The zero-order valence-corrected chi connectivity index (χ0v) is 16.9. The van der Waals surface area contributed by atoms with Crippen LogP contribution in [0.15, 0.2) is 41.4 Å². The Morgan fingerprint density at radius 3 is 2.56 bits per heavy atom. The monoisotopic (exact) mass is 401 g/mol. The number of halogens is 1. The number of nitrogens with one attached hydrogen (secondary N) is 1. The maximum Gasteiger partial charge on any atom is 0.254 e. The Morgan fingerprint density at radius 2 is 1.89 bits per heavy atom. The largest absolute Gasteiger partial charge is 0.325 e. The van der Waals surface area contributed by atoms with E-state index in [0.29, 0.717) is 15.9 Å². The number of benzene rings is 2. The quantitative estimate of drug-likeness (QED) is 0.828. The third kappa shape index (κ3) is 4.34. The smallest absolute Gasteiger partial charge is 0.254 e. The van der Waals surface area contributed by atoms with Gasteiger partial charge in [-0.3, -0.25) is 19.5 Å². The lowest BCUT2D eigenvalue weighted by atomic mass is 10.1. The van der Waals surface area contributed by atoms with Crippen LogP contribution in [0.25, 0.3) is 0 Å². The van der Waals surface area contributed by atoms with Crippen molar-refractivity contribution < 1.29 is 9.59 Å². The van der Waals surface area contributed by atoms with Crippen LogP contribution in [0.2, 0.25) is 5.02 Å². The van der Waals surface area contributed by atoms with Crippen molar-refractivity contribution in [3.63, 3.8) is 0 Å². The van der Waals surface area contributed by atoms with Crippen molar-refractivity contribution in [3.05, 3.63) is 58.1 Å². The van der Waals surface area contributed by atoms with E-state index in [1.807, 2.05) is 39.0 Å². The minimum atomic E-state index is -0.156. The highest BCUT2D eigenvalue weighted by Gasteiger charge is 2.29. The summed E-state index contributed by atoms with van der Waals surface area (Å²) in [7, 11) is 0. The predicted octanol–water partition coefficient (Wildman–Crippen LogP) is 4.34. The Kier molecular flexibility index (Phi) is 5.87. The first-order chi connectivity index (χ1) is 12.9. The van der Waals surface area contributed by atoms with Crippen LogP contribution >= 0.6 is 23.4 Å². The number of para-hydroxylation sites is 1. The Labute approximate surface area is 167 Å². The molecule has 0 radical (unpaired) electrons. The van der Waals surface area contributed by atoms with Gasteiger partial charge in [0.25, 0.3) is 5.91 Å². The van der Waals surface area contributed by atoms with E-state index in [0.717, 1.165) is 22.4 Å². The fourth-order valence-electron chi connectivity index (χ4n) is 3.05. The Hall–Kier alpha value is -2.31. The van der Waals surface area contributed by atoms with Crippen molar-refractivity contribution in [1.29, 1.82) is 0 Å². The Bertz CT molecular complexity index is 920. The van der Waals surface area contributed by atoms with E-state index in [9.17, 15) is 9.59 Å². The molecular weight excluding hydrogens is 382 g/mol. The van der Waals surface area contributed by atoms with Crippen LogP contribution in [0.4, 0.5) is 11.4 Å². The summed E-state index contributed by atoms with van der Waals surface area (Å²) in [5.41, 5.74) is 4.62. The standard InChI is InChI=1S/C20H20ClN3O2S/c1-12-8-13(2)19(14(3)9-12)23-17(25)11-27-20-22-10-18(26)24(20)16-7-5-4-6-15(16)21/h4-9H,10-11H2,1-3H3,(H,23,25). The highest BCUT2D eigenvalue weighted by atomic mass is 35.5. The lowest BCUT2D eigenvalue weighted by Crippen LogP contribution is -2.32. The summed E-state index contributed by atoms with van der Waals surface area (Å²) in [5, 5.41) is 3.92. The molecule has 0 aromatic heterocycles. The number of amides is 2. The molecule has 0 fully saturated rings. The van der Waals surface area contributed by atoms with Gasteiger partial charge in [-0.05, 0) is 44.0 Å². The summed E-state index contributed by atoms with van der Waals surface area (Å²) in [6.45, 7) is 6.04. The summed E-state index contributed by atoms with van der Waals surface area (Å²) in [6.07, 6.45) is 0. The fourth-order valence-corrected chi connectivity index (χ4v) is 4.08. The van der Waals surface area contributed by atoms with Crippen molar-refractivity contribution in [2.75, 3.05) is 22.5 Å². The van der Waals surface area contributed by atoms with Crippen molar-refractivity contribution in [3.8, 4) is 0 Å². The molecule has 0 saturated heterocycles. The van der Waals surface area contributed by atoms with Gasteiger partial charge in [0.1, 0.15) is 6.54 Å². The number of nitrogens with zero attached hydrogens (tertiary/aromatic N) is 2. The molecule has 1 N–H and O–H groups in total. The van der Waals surface area contributed by atoms with E-state index in [2.05, 4.69) is 10.3 Å². The van der Waals surface area contributed by atoms with Gasteiger partial charge in [-0.1, -0.05) is 53.2 Å². The fraction of sp³-hybridized carbons (Fsp3) is 0.250. The highest BCUT2D eigenvalue weighted by molar-refractivity contribution is 8.14. The third-order valence-electron chi connectivity index (χ3n) is 4.16. The summed E-state index contributed by atoms with van der Waals surface area (Å²) < 4.78 is 0. The van der Waals surface area contributed by atoms with Gasteiger partial charge in [-0.2, -0.15) is 0 Å². The van der Waals surface area contributed by atoms with Gasteiger partial charge in [0.05, 0.1) is 16.5 Å². The van der Waals surface area contributed by atoms with Crippen molar-refractivity contribution in [2.45, 2.75) is 20.8 Å². The van der Waals surface area contributed by atoms with E-state index in [4.69, 9.17) is 11.6 Å². The van der Waals surface area contributed by atoms with Gasteiger partial charge >= 0.3 is 0 Å². The molecule has 140 valence electrons. The molecule has 3 rings (SSSR count). The molecule has 1 aliphatic rings. The SMILES string of the molecule is Cc1cc(C)c(NC(=O)CSC2=NCC(=O)N2c2ccccc2Cl)c(C)c1. The number of aryl methyl sites for hydroxylation is 3. The molecular formula is C20H20ClN3O2S. The summed E-state index contributed by atoms with van der Waals surface area (Å²) in [6, 6.07) is 11.2. The molecule has 2 aromatic carbocycles. The first-order valence-electron chi connectivity index (χ1n) is 8.49. The molecule has 27 heavy (non-hydrogen) atoms. The van der Waals surface area contributed by atoms with Gasteiger partial charge in [-0.15, -0.1) is 0 Å². The first-order valence-corrected chi connectivity index (χ1v) is 9.85. The van der Waals surface area contributed by atoms with Gasteiger partial charge in [0, 0.05) is 5.69 Å². The number of carbonyl (C=O) groups excluding carboxylic acids is 2. The average molecular weight is 402 g/mol. The van der Waals surface area contributed by atoms with Crippen molar-refractivity contribution in [1.82, 2.24) is 0 Å². The molecule has 5 nitrogen and oxygen atoms in total. The number of carbonyl (C=O) groups is 2. The van der Waals surface area contributed by atoms with E-state index >= 15 is 0 Å². The number of rotatable bonds is 4. The molecule has 0 aliphatic carbocycles. The van der Waals surface area contributed by atoms with E-state index in [1.165, 1.54) is 16.7 Å². The van der Waals surface area contributed by atoms with Gasteiger partial charge in [0.2, 0.25) is 5.91 Å². The summed E-state index contributed by atoms with van der Waals surface area (Å²) in [5.74, 6) is -0.146. The molecule has 0 unspecified atom stereocenters. The zero-order chi connectivity index (χ0) is 19.6. The average Bonchev–Trinajstić information content (AvgIpc) is 2.97. The number of amidine groups is 1. The second-order valence-corrected chi connectivity index (χ2v) is 7.74. The Morgan fingerprint density at radius 1 is 1.22 bits per heavy atom. The molecule has 1 aliphatic heterocycles. The molecule has 0 bridgehead atoms. The van der Waals surface area contributed by atoms with Crippen LogP contribution < -0.4 is 10.2 Å². The maximum absolute atomic E-state index is 12.4. The molecule has 0 saturated carbocycles. The molecule has 0 spiro atoms. The van der Waals surface area contributed by atoms with Crippen molar-refractivity contribution in [2.24, 2.45) is 4.99 Å². The molecule has 1 heterocycles. The van der Waals surface area contributed by atoms with Crippen molar-refractivity contribution >= 4 is 51.7 Å². The first kappa shape index (κ1) is 19.5. The lowest BCUT2D eigenvalue weighted by molar-refractivity contribution is -0.116. The molecule has 0 atom stereocenters. The van der Waals surface area contributed by atoms with Crippen LogP contribution in [0.1, 0.15) is 16.7 Å². The van der Waals surface area contributed by atoms with Crippen LogP contribution in [0.5, 0.6) is 0 Å².